The van der Waals surface area contributed by atoms with E-state index in [4.69, 9.17) is 0 Å². The maximum Gasteiger partial charge on any atom is 0.251 e. The fourth-order valence-electron chi connectivity index (χ4n) is 3.41. The van der Waals surface area contributed by atoms with Crippen LogP contribution in [0.15, 0.2) is 30.4 Å². The average molecular weight is 316 g/mol. The summed E-state index contributed by atoms with van der Waals surface area (Å²) in [5.41, 5.74) is 0.798. The molecule has 0 saturated heterocycles. The number of halogens is 1. The molecule has 4 nitrogen and oxygen atoms in total. The molecule has 0 radical (unpaired) electrons. The number of fused-ring (bicyclic) bond motifs is 2. The van der Waals surface area contributed by atoms with Crippen molar-refractivity contribution in [3.05, 3.63) is 47.3 Å². The predicted molar refractivity (Wildman–Crippen MR) is 85.3 cm³/mol. The molecule has 2 aliphatic rings. The number of nitrogens with one attached hydrogen (secondary N) is 2. The van der Waals surface area contributed by atoms with Crippen LogP contribution in [0, 0.1) is 30.5 Å². The second-order valence-electron chi connectivity index (χ2n) is 6.40. The molecule has 23 heavy (non-hydrogen) atoms. The van der Waals surface area contributed by atoms with Crippen LogP contribution in [0.25, 0.3) is 0 Å². The third-order valence-corrected chi connectivity index (χ3v) is 4.76. The van der Waals surface area contributed by atoms with E-state index in [1.807, 2.05) is 0 Å². The minimum absolute atomic E-state index is 0.0671. The van der Waals surface area contributed by atoms with E-state index in [1.54, 1.807) is 19.1 Å². The summed E-state index contributed by atoms with van der Waals surface area (Å²) in [5, 5.41) is 5.57. The zero-order chi connectivity index (χ0) is 16.4. The van der Waals surface area contributed by atoms with Gasteiger partial charge in [0.15, 0.2) is 0 Å². The van der Waals surface area contributed by atoms with Gasteiger partial charge in [-0.2, -0.15) is 0 Å². The van der Waals surface area contributed by atoms with Gasteiger partial charge in [0, 0.05) is 24.6 Å². The molecule has 1 saturated carbocycles. The first-order valence-electron chi connectivity index (χ1n) is 8.05. The molecule has 122 valence electrons. The highest BCUT2D eigenvalue weighted by Crippen LogP contribution is 2.43. The van der Waals surface area contributed by atoms with Gasteiger partial charge in [0.2, 0.25) is 5.91 Å². The zero-order valence-electron chi connectivity index (χ0n) is 13.1. The first-order valence-corrected chi connectivity index (χ1v) is 8.05. The first-order chi connectivity index (χ1) is 11.0. The van der Waals surface area contributed by atoms with E-state index in [1.165, 1.54) is 6.07 Å². The van der Waals surface area contributed by atoms with Crippen molar-refractivity contribution < 1.29 is 14.0 Å². The zero-order valence-corrected chi connectivity index (χ0v) is 13.1. The van der Waals surface area contributed by atoms with Crippen LogP contribution in [0.5, 0.6) is 0 Å². The lowest BCUT2D eigenvalue weighted by Crippen LogP contribution is -2.38. The van der Waals surface area contributed by atoms with Gasteiger partial charge < -0.3 is 10.6 Å². The second kappa shape index (κ2) is 6.52. The van der Waals surface area contributed by atoms with Crippen LogP contribution in [0.1, 0.15) is 28.8 Å². The fourth-order valence-corrected chi connectivity index (χ4v) is 3.41. The lowest BCUT2D eigenvalue weighted by atomic mass is 9.93. The Hall–Kier alpha value is -2.17. The quantitative estimate of drug-likeness (QED) is 0.646. The van der Waals surface area contributed by atoms with Gasteiger partial charge in [-0.1, -0.05) is 18.2 Å². The highest BCUT2D eigenvalue weighted by Gasteiger charge is 2.39. The molecule has 1 aromatic rings. The van der Waals surface area contributed by atoms with Gasteiger partial charge in [0.25, 0.3) is 5.91 Å². The highest BCUT2D eigenvalue weighted by atomic mass is 19.1. The number of hydrogen-bond donors (Lipinski definition) is 2. The van der Waals surface area contributed by atoms with Gasteiger partial charge in [0.05, 0.1) is 0 Å². The van der Waals surface area contributed by atoms with E-state index in [0.29, 0.717) is 30.5 Å². The van der Waals surface area contributed by atoms with Gasteiger partial charge in [-0.3, -0.25) is 9.59 Å². The molecule has 0 aliphatic heterocycles. The Labute approximate surface area is 135 Å². The highest BCUT2D eigenvalue weighted by molar-refractivity contribution is 5.94. The number of amides is 2. The molecule has 0 aromatic heterocycles. The van der Waals surface area contributed by atoms with E-state index in [2.05, 4.69) is 22.8 Å². The normalized spacial score (nSPS) is 24.7. The summed E-state index contributed by atoms with van der Waals surface area (Å²) in [5.74, 6) is 0.359. The van der Waals surface area contributed by atoms with E-state index in [0.717, 1.165) is 12.8 Å². The molecule has 0 heterocycles. The standard InChI is InChI=1S/C18H21FN2O2/c1-11-2-4-14(10-16(11)19)17(22)20-6-7-21-18(23)15-9-12-3-5-13(15)8-12/h2-5,10,12-13,15H,6-9H2,1H3,(H,20,22)(H,21,23). The Bertz CT molecular complexity index is 656. The Morgan fingerprint density at radius 1 is 1.17 bits per heavy atom. The van der Waals surface area contributed by atoms with Crippen molar-refractivity contribution in [3.63, 3.8) is 0 Å². The van der Waals surface area contributed by atoms with Crippen molar-refractivity contribution in [2.75, 3.05) is 13.1 Å². The van der Waals surface area contributed by atoms with E-state index < -0.39 is 5.82 Å². The fraction of sp³-hybridized carbons (Fsp3) is 0.444. The molecule has 2 aliphatic carbocycles. The van der Waals surface area contributed by atoms with Crippen molar-refractivity contribution in [1.82, 2.24) is 10.6 Å². The van der Waals surface area contributed by atoms with Crippen molar-refractivity contribution in [2.45, 2.75) is 19.8 Å². The summed E-state index contributed by atoms with van der Waals surface area (Å²) in [6.45, 7) is 2.37. The van der Waals surface area contributed by atoms with Crippen LogP contribution in [-0.4, -0.2) is 24.9 Å². The van der Waals surface area contributed by atoms with Crippen molar-refractivity contribution >= 4 is 11.8 Å². The average Bonchev–Trinajstić information content (AvgIpc) is 3.16. The Kier molecular flexibility index (Phi) is 4.46. The first kappa shape index (κ1) is 15.7. The molecule has 1 aromatic carbocycles. The molecule has 2 bridgehead atoms. The Morgan fingerprint density at radius 3 is 2.61 bits per heavy atom. The van der Waals surface area contributed by atoms with E-state index in [9.17, 15) is 14.0 Å². The molecule has 5 heteroatoms. The van der Waals surface area contributed by atoms with Crippen LogP contribution < -0.4 is 10.6 Å². The van der Waals surface area contributed by atoms with Gasteiger partial charge in [0.1, 0.15) is 5.82 Å². The van der Waals surface area contributed by atoms with Gasteiger partial charge in [-0.05, 0) is 49.3 Å². The van der Waals surface area contributed by atoms with Crippen LogP contribution in [-0.2, 0) is 4.79 Å². The smallest absolute Gasteiger partial charge is 0.251 e. The summed E-state index contributed by atoms with van der Waals surface area (Å²) < 4.78 is 13.4. The number of benzene rings is 1. The summed E-state index contributed by atoms with van der Waals surface area (Å²) in [7, 11) is 0. The summed E-state index contributed by atoms with van der Waals surface area (Å²) >= 11 is 0. The van der Waals surface area contributed by atoms with Crippen molar-refractivity contribution in [1.29, 1.82) is 0 Å². The largest absolute Gasteiger partial charge is 0.354 e. The van der Waals surface area contributed by atoms with Crippen molar-refractivity contribution in [2.24, 2.45) is 17.8 Å². The molecular weight excluding hydrogens is 295 g/mol. The number of hydrogen-bond acceptors (Lipinski definition) is 2. The predicted octanol–water partition coefficient (Wildman–Crippen LogP) is 2.19. The molecule has 3 unspecified atom stereocenters. The van der Waals surface area contributed by atoms with Crippen LogP contribution >= 0.6 is 0 Å². The summed E-state index contributed by atoms with van der Waals surface area (Å²) in [6.07, 6.45) is 6.37. The molecule has 2 amide bonds. The third-order valence-electron chi connectivity index (χ3n) is 4.76. The topological polar surface area (TPSA) is 58.2 Å². The van der Waals surface area contributed by atoms with E-state index in [-0.39, 0.29) is 23.3 Å². The second-order valence-corrected chi connectivity index (χ2v) is 6.40. The minimum atomic E-state index is -0.393. The maximum absolute atomic E-state index is 13.4. The number of aryl methyl sites for hydroxylation is 1. The van der Waals surface area contributed by atoms with Crippen molar-refractivity contribution in [3.8, 4) is 0 Å². The van der Waals surface area contributed by atoms with Gasteiger partial charge >= 0.3 is 0 Å². The number of carbonyl (C=O) groups is 2. The summed E-state index contributed by atoms with van der Waals surface area (Å²) in [4.78, 5) is 24.0. The molecule has 1 fully saturated rings. The van der Waals surface area contributed by atoms with Crippen LogP contribution in [0.2, 0.25) is 0 Å². The maximum atomic E-state index is 13.4. The molecule has 0 spiro atoms. The lowest BCUT2D eigenvalue weighted by molar-refractivity contribution is -0.125. The van der Waals surface area contributed by atoms with Crippen LogP contribution in [0.4, 0.5) is 4.39 Å². The molecule has 3 rings (SSSR count). The van der Waals surface area contributed by atoms with Gasteiger partial charge in [-0.15, -0.1) is 0 Å². The number of rotatable bonds is 5. The lowest BCUT2D eigenvalue weighted by Gasteiger charge is -2.17. The van der Waals surface area contributed by atoms with E-state index >= 15 is 0 Å². The summed E-state index contributed by atoms with van der Waals surface area (Å²) in [6, 6.07) is 4.40. The van der Waals surface area contributed by atoms with Gasteiger partial charge in [-0.25, -0.2) is 4.39 Å². The number of allylic oxidation sites excluding steroid dienone is 2. The molecule has 2 N–H and O–H groups in total. The third kappa shape index (κ3) is 3.44. The minimum Gasteiger partial charge on any atom is -0.354 e. The monoisotopic (exact) mass is 316 g/mol. The van der Waals surface area contributed by atoms with Crippen LogP contribution in [0.3, 0.4) is 0 Å². The Balaban J connectivity index is 1.41. The molecular formula is C18H21FN2O2. The Morgan fingerprint density at radius 2 is 1.96 bits per heavy atom. The number of carbonyl (C=O) groups excluding carboxylic acids is 2. The SMILES string of the molecule is Cc1ccc(C(=O)NCCNC(=O)C2CC3C=CC2C3)cc1F. The molecule has 3 atom stereocenters.